The number of aromatic nitrogens is 2. The molecule has 2 aromatic carbocycles. The van der Waals surface area contributed by atoms with Crippen LogP contribution in [0.1, 0.15) is 18.1 Å². The van der Waals surface area contributed by atoms with Crippen molar-refractivity contribution in [2.24, 2.45) is 0 Å². The minimum absolute atomic E-state index is 0.432. The zero-order chi connectivity index (χ0) is 24.9. The molecule has 2 N–H and O–H groups in total. The molecule has 3 heterocycles. The molecule has 9 heteroatoms. The third-order valence-electron chi connectivity index (χ3n) is 6.86. The summed E-state index contributed by atoms with van der Waals surface area (Å²) in [5, 5.41) is 7.10. The Morgan fingerprint density at radius 2 is 1.81 bits per heavy atom. The average molecular weight is 509 g/mol. The van der Waals surface area contributed by atoms with E-state index in [1.165, 1.54) is 11.1 Å². The maximum Gasteiger partial charge on any atom is 0.229 e. The molecule has 8 nitrogen and oxygen atoms in total. The van der Waals surface area contributed by atoms with Crippen LogP contribution in [0, 0.1) is 0 Å². The van der Waals surface area contributed by atoms with Crippen LogP contribution in [0.25, 0.3) is 0 Å². The summed E-state index contributed by atoms with van der Waals surface area (Å²) in [6.07, 6.45) is 3.74. The highest BCUT2D eigenvalue weighted by Gasteiger charge is 2.16. The van der Waals surface area contributed by atoms with Gasteiger partial charge in [0.05, 0.1) is 32.2 Å². The van der Waals surface area contributed by atoms with Crippen LogP contribution in [-0.4, -0.2) is 67.9 Å². The quantitative estimate of drug-likeness (QED) is 0.467. The number of hydrogen-bond acceptors (Lipinski definition) is 8. The number of halogens is 1. The van der Waals surface area contributed by atoms with Gasteiger partial charge in [-0.15, -0.1) is 0 Å². The van der Waals surface area contributed by atoms with Gasteiger partial charge in [0, 0.05) is 43.6 Å². The third kappa shape index (κ3) is 5.67. The first kappa shape index (κ1) is 24.6. The van der Waals surface area contributed by atoms with E-state index in [-0.39, 0.29) is 0 Å². The molecule has 1 aromatic heterocycles. The molecular formula is C27H33ClN6O2. The normalized spacial score (nSPS) is 16.2. The molecule has 0 spiro atoms. The maximum atomic E-state index is 6.46. The Morgan fingerprint density at radius 1 is 1.00 bits per heavy atom. The molecule has 5 rings (SSSR count). The summed E-state index contributed by atoms with van der Waals surface area (Å²) >= 11 is 6.46. The molecule has 36 heavy (non-hydrogen) atoms. The van der Waals surface area contributed by atoms with Gasteiger partial charge in [-0.2, -0.15) is 4.98 Å². The van der Waals surface area contributed by atoms with Gasteiger partial charge < -0.3 is 29.9 Å². The van der Waals surface area contributed by atoms with Crippen molar-refractivity contribution in [1.82, 2.24) is 14.9 Å². The Labute approximate surface area is 217 Å². The van der Waals surface area contributed by atoms with Crippen molar-refractivity contribution in [3.63, 3.8) is 0 Å². The predicted octanol–water partition coefficient (Wildman–Crippen LogP) is 4.88. The molecule has 0 atom stereocenters. The fourth-order valence-electron chi connectivity index (χ4n) is 4.74. The molecule has 0 amide bonds. The number of anilines is 5. The van der Waals surface area contributed by atoms with E-state index in [1.54, 1.807) is 13.3 Å². The van der Waals surface area contributed by atoms with Crippen LogP contribution in [0.2, 0.25) is 5.02 Å². The molecule has 0 radical (unpaired) electrons. The zero-order valence-corrected chi connectivity index (χ0v) is 21.6. The van der Waals surface area contributed by atoms with Gasteiger partial charge in [0.15, 0.2) is 5.82 Å². The van der Waals surface area contributed by atoms with E-state index in [9.17, 15) is 0 Å². The summed E-state index contributed by atoms with van der Waals surface area (Å²) < 4.78 is 11.1. The van der Waals surface area contributed by atoms with Crippen molar-refractivity contribution >= 4 is 40.4 Å². The van der Waals surface area contributed by atoms with Crippen molar-refractivity contribution in [3.8, 4) is 5.75 Å². The zero-order valence-electron chi connectivity index (χ0n) is 20.9. The summed E-state index contributed by atoms with van der Waals surface area (Å²) in [5.41, 5.74) is 5.66. The van der Waals surface area contributed by atoms with Crippen LogP contribution < -0.4 is 20.3 Å². The lowest BCUT2D eigenvalue weighted by molar-refractivity contribution is 0.122. The summed E-state index contributed by atoms with van der Waals surface area (Å²) in [7, 11) is 1.66. The Morgan fingerprint density at radius 3 is 2.58 bits per heavy atom. The van der Waals surface area contributed by atoms with E-state index in [2.05, 4.69) is 61.6 Å². The monoisotopic (exact) mass is 508 g/mol. The van der Waals surface area contributed by atoms with Crippen LogP contribution >= 0.6 is 11.6 Å². The molecule has 1 saturated heterocycles. The number of methoxy groups -OCH3 is 1. The summed E-state index contributed by atoms with van der Waals surface area (Å²) in [4.78, 5) is 13.8. The molecule has 2 aliphatic rings. The molecule has 1 fully saturated rings. The third-order valence-corrected chi connectivity index (χ3v) is 7.14. The van der Waals surface area contributed by atoms with Crippen LogP contribution in [0.3, 0.4) is 0 Å². The Bertz CT molecular complexity index is 1200. The van der Waals surface area contributed by atoms with E-state index >= 15 is 0 Å². The molecule has 0 aliphatic carbocycles. The first-order valence-electron chi connectivity index (χ1n) is 12.5. The maximum absolute atomic E-state index is 6.46. The molecular weight excluding hydrogens is 476 g/mol. The minimum Gasteiger partial charge on any atom is -0.494 e. The second-order valence-electron chi connectivity index (χ2n) is 9.04. The number of benzene rings is 2. The van der Waals surface area contributed by atoms with Crippen molar-refractivity contribution < 1.29 is 9.47 Å². The Balaban J connectivity index is 1.32. The fraction of sp³-hybridized carbons (Fsp3) is 0.407. The highest BCUT2D eigenvalue weighted by molar-refractivity contribution is 6.33. The highest BCUT2D eigenvalue weighted by atomic mass is 35.5. The van der Waals surface area contributed by atoms with Crippen molar-refractivity contribution in [3.05, 3.63) is 58.7 Å². The predicted molar refractivity (Wildman–Crippen MR) is 146 cm³/mol. The lowest BCUT2D eigenvalue weighted by Crippen LogP contribution is -2.36. The SMILES string of the molecule is CCN1CCc2ccc(Nc3ncc(Cl)c(Nc4ccc(N5CCOCC5)cc4OC)n3)cc2CC1. The second-order valence-corrected chi connectivity index (χ2v) is 9.45. The molecule has 2 aliphatic heterocycles. The van der Waals surface area contributed by atoms with E-state index < -0.39 is 0 Å². The van der Waals surface area contributed by atoms with Gasteiger partial charge in [0.1, 0.15) is 10.8 Å². The number of nitrogens with one attached hydrogen (secondary N) is 2. The summed E-state index contributed by atoms with van der Waals surface area (Å²) in [6.45, 7) is 8.71. The molecule has 0 unspecified atom stereocenters. The summed E-state index contributed by atoms with van der Waals surface area (Å²) in [6, 6.07) is 12.6. The van der Waals surface area contributed by atoms with Gasteiger partial charge in [-0.25, -0.2) is 4.98 Å². The minimum atomic E-state index is 0.432. The van der Waals surface area contributed by atoms with Crippen molar-refractivity contribution in [2.45, 2.75) is 19.8 Å². The number of ether oxygens (including phenoxy) is 2. The van der Waals surface area contributed by atoms with E-state index in [0.717, 1.165) is 81.6 Å². The van der Waals surface area contributed by atoms with Crippen LogP contribution in [0.5, 0.6) is 5.75 Å². The largest absolute Gasteiger partial charge is 0.494 e. The van der Waals surface area contributed by atoms with E-state index in [4.69, 9.17) is 21.1 Å². The van der Waals surface area contributed by atoms with Gasteiger partial charge in [-0.1, -0.05) is 24.6 Å². The van der Waals surface area contributed by atoms with Gasteiger partial charge >= 0.3 is 0 Å². The molecule has 190 valence electrons. The fourth-order valence-corrected chi connectivity index (χ4v) is 4.88. The van der Waals surface area contributed by atoms with Gasteiger partial charge in [0.25, 0.3) is 0 Å². The van der Waals surface area contributed by atoms with E-state index in [1.807, 2.05) is 12.1 Å². The van der Waals surface area contributed by atoms with Crippen molar-refractivity contribution in [2.75, 3.05) is 68.6 Å². The summed E-state index contributed by atoms with van der Waals surface area (Å²) in [5.74, 6) is 1.71. The van der Waals surface area contributed by atoms with Gasteiger partial charge in [0.2, 0.25) is 5.95 Å². The molecule has 3 aromatic rings. The number of morpholine rings is 1. The Kier molecular flexibility index (Phi) is 7.75. The lowest BCUT2D eigenvalue weighted by atomic mass is 10.0. The van der Waals surface area contributed by atoms with Crippen molar-refractivity contribution in [1.29, 1.82) is 0 Å². The highest BCUT2D eigenvalue weighted by Crippen LogP contribution is 2.34. The molecule has 0 bridgehead atoms. The van der Waals surface area contributed by atoms with Gasteiger partial charge in [-0.3, -0.25) is 0 Å². The van der Waals surface area contributed by atoms with Crippen LogP contribution in [0.15, 0.2) is 42.6 Å². The topological polar surface area (TPSA) is 74.8 Å². The van der Waals surface area contributed by atoms with Crippen LogP contribution in [0.4, 0.5) is 28.8 Å². The first-order valence-corrected chi connectivity index (χ1v) is 12.9. The number of hydrogen-bond donors (Lipinski definition) is 2. The van der Waals surface area contributed by atoms with E-state index in [0.29, 0.717) is 16.8 Å². The van der Waals surface area contributed by atoms with Crippen LogP contribution in [-0.2, 0) is 17.6 Å². The second kappa shape index (κ2) is 11.3. The van der Waals surface area contributed by atoms with Gasteiger partial charge in [-0.05, 0) is 54.8 Å². The Hall–Kier alpha value is -3.07. The first-order chi connectivity index (χ1) is 17.6. The molecule has 0 saturated carbocycles. The lowest BCUT2D eigenvalue weighted by Gasteiger charge is -2.29. The smallest absolute Gasteiger partial charge is 0.229 e. The number of rotatable bonds is 7. The standard InChI is InChI=1S/C27H33ClN6O2/c1-3-33-10-8-19-4-5-21(16-20(19)9-11-33)30-27-29-18-23(28)26(32-27)31-24-7-6-22(17-25(24)35-2)34-12-14-36-15-13-34/h4-7,16-18H,3,8-15H2,1-2H3,(H2,29,30,31,32). The average Bonchev–Trinajstić information content (AvgIpc) is 3.13. The number of fused-ring (bicyclic) bond motifs is 1. The number of nitrogens with zero attached hydrogens (tertiary/aromatic N) is 4. The number of likely N-dealkylation sites (N-methyl/N-ethyl adjacent to an activating group) is 1.